The van der Waals surface area contributed by atoms with Gasteiger partial charge in [-0.3, -0.25) is 4.79 Å². The summed E-state index contributed by atoms with van der Waals surface area (Å²) in [6.07, 6.45) is -4.38. The molecule has 0 N–H and O–H groups in total. The van der Waals surface area contributed by atoms with Gasteiger partial charge in [0.15, 0.2) is 4.34 Å². The molecule has 0 aliphatic carbocycles. The Morgan fingerprint density at radius 3 is 2.74 bits per heavy atom. The third-order valence-corrected chi connectivity index (χ3v) is 4.84. The highest BCUT2D eigenvalue weighted by molar-refractivity contribution is 8.01. The molecule has 0 bridgehead atoms. The van der Waals surface area contributed by atoms with Gasteiger partial charge in [-0.1, -0.05) is 6.07 Å². The van der Waals surface area contributed by atoms with Gasteiger partial charge in [0.1, 0.15) is 10.7 Å². The number of nitrogens with zero attached hydrogens (tertiary/aromatic N) is 2. The maximum atomic E-state index is 12.7. The minimum atomic E-state index is -4.48. The van der Waals surface area contributed by atoms with Gasteiger partial charge < -0.3 is 4.74 Å². The summed E-state index contributed by atoms with van der Waals surface area (Å²) in [4.78, 5) is 20.1. The van der Waals surface area contributed by atoms with E-state index in [1.165, 1.54) is 23.5 Å². The summed E-state index contributed by atoms with van der Waals surface area (Å²) in [5.41, 5.74) is -0.278. The topological polar surface area (TPSA) is 52.1 Å². The number of carbonyl (C=O) groups is 1. The van der Waals surface area contributed by atoms with Crippen LogP contribution >= 0.6 is 23.1 Å². The van der Waals surface area contributed by atoms with Crippen LogP contribution in [0.5, 0.6) is 0 Å². The van der Waals surface area contributed by atoms with Crippen molar-refractivity contribution in [2.45, 2.75) is 35.8 Å². The molecule has 2 aromatic heterocycles. The highest BCUT2D eigenvalue weighted by Crippen LogP contribution is 2.34. The second-order valence-corrected chi connectivity index (χ2v) is 6.78. The van der Waals surface area contributed by atoms with Gasteiger partial charge >= 0.3 is 12.1 Å². The van der Waals surface area contributed by atoms with Crippen LogP contribution in [0.15, 0.2) is 27.6 Å². The third-order valence-electron chi connectivity index (χ3n) is 2.69. The summed E-state index contributed by atoms with van der Waals surface area (Å²) >= 11 is 2.29. The van der Waals surface area contributed by atoms with Crippen LogP contribution in [0.2, 0.25) is 0 Å². The van der Waals surface area contributed by atoms with E-state index in [1.807, 2.05) is 0 Å². The van der Waals surface area contributed by atoms with Crippen LogP contribution in [0.1, 0.15) is 23.2 Å². The monoisotopic (exact) mass is 362 g/mol. The lowest BCUT2D eigenvalue weighted by Gasteiger charge is -2.06. The van der Waals surface area contributed by atoms with E-state index in [1.54, 1.807) is 13.8 Å². The normalized spacial score (nSPS) is 11.5. The van der Waals surface area contributed by atoms with Crippen LogP contribution in [-0.4, -0.2) is 22.5 Å². The molecule has 0 spiro atoms. The van der Waals surface area contributed by atoms with E-state index < -0.39 is 11.9 Å². The molecule has 0 atom stereocenters. The van der Waals surface area contributed by atoms with Crippen LogP contribution in [0.4, 0.5) is 13.2 Å². The molecule has 4 nitrogen and oxygen atoms in total. The number of ether oxygens (including phenoxy) is 1. The van der Waals surface area contributed by atoms with Gasteiger partial charge in [0.05, 0.1) is 18.7 Å². The largest absolute Gasteiger partial charge is 0.466 e. The number of halogens is 3. The van der Waals surface area contributed by atoms with Crippen molar-refractivity contribution in [1.29, 1.82) is 0 Å². The maximum absolute atomic E-state index is 12.7. The summed E-state index contributed by atoms with van der Waals surface area (Å²) in [5, 5.41) is 0.205. The average molecular weight is 362 g/mol. The number of pyridine rings is 1. The minimum absolute atomic E-state index is 0.105. The van der Waals surface area contributed by atoms with Gasteiger partial charge in [-0.2, -0.15) is 13.2 Å². The Morgan fingerprint density at radius 2 is 2.09 bits per heavy atom. The van der Waals surface area contributed by atoms with E-state index in [9.17, 15) is 18.0 Å². The number of rotatable bonds is 5. The fraction of sp³-hybridized carbons (Fsp3) is 0.357. The molecule has 124 valence electrons. The molecule has 9 heteroatoms. The lowest BCUT2D eigenvalue weighted by Crippen LogP contribution is -2.07. The molecule has 0 saturated carbocycles. The second-order valence-electron chi connectivity index (χ2n) is 4.43. The standard InChI is InChI=1S/C14H13F3N2O2S2/c1-3-21-12(20)7-9-8(2)18-13(22-9)23-11-6-4-5-10(19-11)14(15,16)17/h4-6H,3,7H2,1-2H3. The van der Waals surface area contributed by atoms with Gasteiger partial charge in [-0.25, -0.2) is 9.97 Å². The molecule has 0 aliphatic heterocycles. The summed E-state index contributed by atoms with van der Waals surface area (Å²) in [6.45, 7) is 3.76. The molecule has 2 rings (SSSR count). The fourth-order valence-electron chi connectivity index (χ4n) is 1.67. The van der Waals surface area contributed by atoms with Crippen LogP contribution in [0.25, 0.3) is 0 Å². The van der Waals surface area contributed by atoms with Gasteiger partial charge in [0, 0.05) is 4.88 Å². The fourth-order valence-corrected chi connectivity index (χ4v) is 3.82. The van der Waals surface area contributed by atoms with Crippen LogP contribution in [-0.2, 0) is 22.1 Å². The van der Waals surface area contributed by atoms with Crippen molar-refractivity contribution in [3.8, 4) is 0 Å². The van der Waals surface area contributed by atoms with Crippen molar-refractivity contribution in [2.24, 2.45) is 0 Å². The Labute approximate surface area is 139 Å². The van der Waals surface area contributed by atoms with Crippen molar-refractivity contribution in [3.63, 3.8) is 0 Å². The molecule has 0 saturated heterocycles. The molecular weight excluding hydrogens is 349 g/mol. The number of hydrogen-bond donors (Lipinski definition) is 0. The van der Waals surface area contributed by atoms with E-state index in [0.717, 1.165) is 22.7 Å². The van der Waals surface area contributed by atoms with E-state index in [-0.39, 0.29) is 17.4 Å². The third kappa shape index (κ3) is 4.93. The number of thiazole rings is 1. The van der Waals surface area contributed by atoms with Gasteiger partial charge in [0.2, 0.25) is 0 Å². The van der Waals surface area contributed by atoms with Crippen LogP contribution in [0.3, 0.4) is 0 Å². The lowest BCUT2D eigenvalue weighted by molar-refractivity contribution is -0.142. The SMILES string of the molecule is CCOC(=O)Cc1sc(Sc2cccc(C(F)(F)F)n2)nc1C. The first-order chi connectivity index (χ1) is 10.8. The molecule has 0 fully saturated rings. The van der Waals surface area contributed by atoms with Crippen molar-refractivity contribution in [3.05, 3.63) is 34.5 Å². The number of carbonyl (C=O) groups excluding carboxylic acids is 1. The van der Waals surface area contributed by atoms with Gasteiger partial charge in [0.25, 0.3) is 0 Å². The van der Waals surface area contributed by atoms with Crippen molar-refractivity contribution >= 4 is 29.1 Å². The Hall–Kier alpha value is -1.61. The lowest BCUT2D eigenvalue weighted by atomic mass is 10.3. The predicted octanol–water partition coefficient (Wildman–Crippen LogP) is 4.12. The number of alkyl halides is 3. The Balaban J connectivity index is 2.14. The Bertz CT molecular complexity index is 702. The first kappa shape index (κ1) is 17.7. The molecular formula is C14H13F3N2O2S2. The van der Waals surface area contributed by atoms with E-state index in [2.05, 4.69) is 9.97 Å². The summed E-state index contributed by atoms with van der Waals surface area (Å²) < 4.78 is 43.4. The second kappa shape index (κ2) is 7.31. The van der Waals surface area contributed by atoms with Crippen LogP contribution < -0.4 is 0 Å². The number of aromatic nitrogens is 2. The zero-order chi connectivity index (χ0) is 17.0. The minimum Gasteiger partial charge on any atom is -0.466 e. The molecule has 23 heavy (non-hydrogen) atoms. The molecule has 0 aromatic carbocycles. The zero-order valence-corrected chi connectivity index (χ0v) is 13.9. The Kier molecular flexibility index (Phi) is 5.64. The summed E-state index contributed by atoms with van der Waals surface area (Å²) in [6, 6.07) is 3.71. The number of aryl methyl sites for hydroxylation is 1. The van der Waals surface area contributed by atoms with Gasteiger partial charge in [-0.15, -0.1) is 11.3 Å². The first-order valence-electron chi connectivity index (χ1n) is 6.63. The Morgan fingerprint density at radius 1 is 1.35 bits per heavy atom. The van der Waals surface area contributed by atoms with E-state index in [4.69, 9.17) is 4.74 Å². The molecule has 2 heterocycles. The maximum Gasteiger partial charge on any atom is 0.433 e. The molecule has 0 unspecified atom stereocenters. The molecule has 0 aliphatic rings. The average Bonchev–Trinajstić information content (AvgIpc) is 2.78. The first-order valence-corrected chi connectivity index (χ1v) is 8.27. The number of esters is 1. The predicted molar refractivity (Wildman–Crippen MR) is 80.6 cm³/mol. The molecule has 2 aromatic rings. The van der Waals surface area contributed by atoms with Crippen molar-refractivity contribution in [2.75, 3.05) is 6.61 Å². The van der Waals surface area contributed by atoms with Crippen molar-refractivity contribution in [1.82, 2.24) is 9.97 Å². The zero-order valence-electron chi connectivity index (χ0n) is 12.3. The van der Waals surface area contributed by atoms with E-state index in [0.29, 0.717) is 16.6 Å². The molecule has 0 amide bonds. The van der Waals surface area contributed by atoms with Crippen LogP contribution in [0, 0.1) is 6.92 Å². The highest BCUT2D eigenvalue weighted by Gasteiger charge is 2.32. The smallest absolute Gasteiger partial charge is 0.433 e. The quantitative estimate of drug-likeness (QED) is 0.749. The van der Waals surface area contributed by atoms with E-state index >= 15 is 0 Å². The summed E-state index contributed by atoms with van der Waals surface area (Å²) in [5.74, 6) is -0.354. The van der Waals surface area contributed by atoms with Gasteiger partial charge in [-0.05, 0) is 37.7 Å². The highest BCUT2D eigenvalue weighted by atomic mass is 32.2. The van der Waals surface area contributed by atoms with Crippen molar-refractivity contribution < 1.29 is 22.7 Å². The molecule has 0 radical (unpaired) electrons. The number of hydrogen-bond acceptors (Lipinski definition) is 6. The summed E-state index contributed by atoms with van der Waals surface area (Å²) in [7, 11) is 0.